The summed E-state index contributed by atoms with van der Waals surface area (Å²) in [6.07, 6.45) is 2.73. The monoisotopic (exact) mass is 407 g/mol. The molecule has 0 saturated heterocycles. The first-order valence-corrected chi connectivity index (χ1v) is 9.12. The van der Waals surface area contributed by atoms with Crippen LogP contribution in [0.15, 0.2) is 67.0 Å². The Balaban J connectivity index is 1.50. The predicted molar refractivity (Wildman–Crippen MR) is 110 cm³/mol. The molecule has 3 N–H and O–H groups in total. The average Bonchev–Trinajstić information content (AvgIpc) is 2.78. The first-order chi connectivity index (χ1) is 14.5. The Hall–Kier alpha value is -4.07. The number of carbonyl (C=O) groups is 2. The van der Waals surface area contributed by atoms with E-state index in [1.807, 2.05) is 6.07 Å². The number of phenols is 1. The summed E-state index contributed by atoms with van der Waals surface area (Å²) in [5, 5.41) is 15.2. The molecule has 8 heteroatoms. The number of aromatic hydroxyl groups is 1. The summed E-state index contributed by atoms with van der Waals surface area (Å²) in [5.41, 5.74) is 2.25. The summed E-state index contributed by atoms with van der Waals surface area (Å²) < 4.78 is 10.2. The van der Waals surface area contributed by atoms with Gasteiger partial charge in [-0.05, 0) is 35.9 Å². The number of methoxy groups -OCH3 is 1. The first kappa shape index (κ1) is 20.7. The highest BCUT2D eigenvalue weighted by Gasteiger charge is 2.10. The molecule has 1 aromatic heterocycles. The second-order valence-electron chi connectivity index (χ2n) is 6.33. The minimum absolute atomic E-state index is 0.0604. The Morgan fingerprint density at radius 1 is 1.07 bits per heavy atom. The Kier molecular flexibility index (Phi) is 6.83. The van der Waals surface area contributed by atoms with Crippen LogP contribution in [0.1, 0.15) is 21.5 Å². The fourth-order valence-corrected chi connectivity index (χ4v) is 2.57. The van der Waals surface area contributed by atoms with Gasteiger partial charge in [-0.3, -0.25) is 9.78 Å². The zero-order valence-electron chi connectivity index (χ0n) is 16.3. The highest BCUT2D eigenvalue weighted by Crippen LogP contribution is 2.28. The van der Waals surface area contributed by atoms with Gasteiger partial charge >= 0.3 is 6.09 Å². The van der Waals surface area contributed by atoms with Gasteiger partial charge in [0.2, 0.25) is 0 Å². The van der Waals surface area contributed by atoms with Crippen LogP contribution in [-0.2, 0) is 17.9 Å². The van der Waals surface area contributed by atoms with E-state index in [0.717, 1.165) is 11.1 Å². The van der Waals surface area contributed by atoms with Crippen molar-refractivity contribution in [2.75, 3.05) is 12.4 Å². The number of alkyl carbamates (subject to hydrolysis) is 1. The van der Waals surface area contributed by atoms with Crippen molar-refractivity contribution in [3.63, 3.8) is 0 Å². The van der Waals surface area contributed by atoms with Crippen molar-refractivity contribution in [3.8, 4) is 11.5 Å². The summed E-state index contributed by atoms with van der Waals surface area (Å²) in [6, 6.07) is 14.9. The molecule has 0 atom stereocenters. The number of anilines is 1. The van der Waals surface area contributed by atoms with Gasteiger partial charge in [0.05, 0.1) is 12.8 Å². The molecular weight excluding hydrogens is 386 g/mol. The minimum atomic E-state index is -0.547. The molecule has 0 bridgehead atoms. The molecule has 3 rings (SSSR count). The third kappa shape index (κ3) is 5.71. The van der Waals surface area contributed by atoms with E-state index in [4.69, 9.17) is 9.47 Å². The molecule has 2 aromatic carbocycles. The number of hydrogen-bond acceptors (Lipinski definition) is 6. The fourth-order valence-electron chi connectivity index (χ4n) is 2.57. The number of nitrogens with zero attached hydrogens (tertiary/aromatic N) is 1. The van der Waals surface area contributed by atoms with E-state index >= 15 is 0 Å². The van der Waals surface area contributed by atoms with E-state index < -0.39 is 6.09 Å². The lowest BCUT2D eigenvalue weighted by molar-refractivity contribution is 0.102. The number of pyridine rings is 1. The van der Waals surface area contributed by atoms with Crippen molar-refractivity contribution in [1.82, 2.24) is 10.3 Å². The Morgan fingerprint density at radius 3 is 2.57 bits per heavy atom. The van der Waals surface area contributed by atoms with Crippen LogP contribution >= 0.6 is 0 Å². The lowest BCUT2D eigenvalue weighted by atomic mass is 10.1. The molecule has 2 amide bonds. The highest BCUT2D eigenvalue weighted by atomic mass is 16.5. The van der Waals surface area contributed by atoms with Gasteiger partial charge in [0.25, 0.3) is 5.91 Å². The van der Waals surface area contributed by atoms with Crippen LogP contribution in [0.25, 0.3) is 0 Å². The second kappa shape index (κ2) is 9.92. The van der Waals surface area contributed by atoms with Gasteiger partial charge in [0, 0.05) is 36.1 Å². The fraction of sp³-hybridized carbons (Fsp3) is 0.136. The summed E-state index contributed by atoms with van der Waals surface area (Å²) in [4.78, 5) is 28.2. The normalized spacial score (nSPS) is 10.2. The molecule has 0 fully saturated rings. The maximum absolute atomic E-state index is 12.4. The van der Waals surface area contributed by atoms with Crippen LogP contribution < -0.4 is 15.4 Å². The molecule has 0 radical (unpaired) electrons. The SMILES string of the molecule is COc1ccc(O)c(NC(=O)c2ccc(CNC(=O)OCc3cccnc3)cc2)c1. The topological polar surface area (TPSA) is 110 Å². The van der Waals surface area contributed by atoms with Crippen LogP contribution in [0.2, 0.25) is 0 Å². The molecule has 0 aliphatic carbocycles. The number of carbonyl (C=O) groups excluding carboxylic acids is 2. The van der Waals surface area contributed by atoms with Crippen LogP contribution in [0.4, 0.5) is 10.5 Å². The quantitative estimate of drug-likeness (QED) is 0.518. The number of aromatic nitrogens is 1. The van der Waals surface area contributed by atoms with E-state index in [2.05, 4.69) is 15.6 Å². The second-order valence-corrected chi connectivity index (χ2v) is 6.33. The lowest BCUT2D eigenvalue weighted by Crippen LogP contribution is -2.23. The van der Waals surface area contributed by atoms with Crippen LogP contribution in [0, 0.1) is 0 Å². The van der Waals surface area contributed by atoms with Gasteiger partial charge in [-0.25, -0.2) is 4.79 Å². The largest absolute Gasteiger partial charge is 0.506 e. The molecule has 0 saturated carbocycles. The molecule has 0 aliphatic rings. The summed E-state index contributed by atoms with van der Waals surface area (Å²) >= 11 is 0. The molecule has 0 spiro atoms. The molecule has 8 nitrogen and oxygen atoms in total. The summed E-state index contributed by atoms with van der Waals surface area (Å²) in [5.74, 6) is 0.0728. The molecule has 30 heavy (non-hydrogen) atoms. The van der Waals surface area contributed by atoms with E-state index in [0.29, 0.717) is 11.3 Å². The zero-order chi connectivity index (χ0) is 21.3. The number of ether oxygens (including phenoxy) is 2. The van der Waals surface area contributed by atoms with Crippen LogP contribution in [0.3, 0.4) is 0 Å². The van der Waals surface area contributed by atoms with Crippen LogP contribution in [0.5, 0.6) is 11.5 Å². The predicted octanol–water partition coefficient (Wildman–Crippen LogP) is 3.47. The zero-order valence-corrected chi connectivity index (χ0v) is 16.3. The first-order valence-electron chi connectivity index (χ1n) is 9.12. The van der Waals surface area contributed by atoms with E-state index in [9.17, 15) is 14.7 Å². The molecule has 0 unspecified atom stereocenters. The number of phenolic OH excluding ortho intramolecular Hbond substituents is 1. The van der Waals surface area contributed by atoms with E-state index in [1.165, 1.54) is 19.2 Å². The van der Waals surface area contributed by atoms with E-state index in [1.54, 1.807) is 48.8 Å². The number of hydrogen-bond donors (Lipinski definition) is 3. The van der Waals surface area contributed by atoms with Crippen molar-refractivity contribution in [2.45, 2.75) is 13.2 Å². The summed E-state index contributed by atoms with van der Waals surface area (Å²) in [6.45, 7) is 0.389. The smallest absolute Gasteiger partial charge is 0.407 e. The van der Waals surface area contributed by atoms with Crippen molar-refractivity contribution in [1.29, 1.82) is 0 Å². The molecule has 1 heterocycles. The Morgan fingerprint density at radius 2 is 1.87 bits per heavy atom. The standard InChI is InChI=1S/C22H21N3O5/c1-29-18-8-9-20(26)19(11-18)25-21(27)17-6-4-15(5-7-17)13-24-22(28)30-14-16-3-2-10-23-12-16/h2-12,26H,13-14H2,1H3,(H,24,28)(H,25,27). The summed E-state index contributed by atoms with van der Waals surface area (Å²) in [7, 11) is 1.50. The van der Waals surface area contributed by atoms with Gasteiger partial charge in [0.15, 0.2) is 0 Å². The molecule has 154 valence electrons. The van der Waals surface area contributed by atoms with Crippen molar-refractivity contribution < 1.29 is 24.2 Å². The lowest BCUT2D eigenvalue weighted by Gasteiger charge is -2.10. The number of amides is 2. The minimum Gasteiger partial charge on any atom is -0.506 e. The molecule has 3 aromatic rings. The van der Waals surface area contributed by atoms with Crippen molar-refractivity contribution in [2.24, 2.45) is 0 Å². The molecule has 0 aliphatic heterocycles. The van der Waals surface area contributed by atoms with Crippen molar-refractivity contribution in [3.05, 3.63) is 83.7 Å². The Labute approximate surface area is 173 Å². The van der Waals surface area contributed by atoms with Crippen molar-refractivity contribution >= 4 is 17.7 Å². The maximum atomic E-state index is 12.4. The highest BCUT2D eigenvalue weighted by molar-refractivity contribution is 6.05. The third-order valence-electron chi connectivity index (χ3n) is 4.20. The maximum Gasteiger partial charge on any atom is 0.407 e. The van der Waals surface area contributed by atoms with Gasteiger partial charge < -0.3 is 25.2 Å². The van der Waals surface area contributed by atoms with Gasteiger partial charge in [-0.1, -0.05) is 18.2 Å². The number of benzene rings is 2. The van der Waals surface area contributed by atoms with E-state index in [-0.39, 0.29) is 30.5 Å². The van der Waals surface area contributed by atoms with Gasteiger partial charge in [-0.15, -0.1) is 0 Å². The third-order valence-corrected chi connectivity index (χ3v) is 4.20. The number of rotatable bonds is 7. The average molecular weight is 407 g/mol. The van der Waals surface area contributed by atoms with Crippen LogP contribution in [-0.4, -0.2) is 29.2 Å². The number of nitrogens with one attached hydrogen (secondary N) is 2. The molecular formula is C22H21N3O5. The van der Waals surface area contributed by atoms with Gasteiger partial charge in [0.1, 0.15) is 18.1 Å². The van der Waals surface area contributed by atoms with Gasteiger partial charge in [-0.2, -0.15) is 0 Å². The Bertz CT molecular complexity index is 1010.